The monoisotopic (exact) mass is 290 g/mol. The van der Waals surface area contributed by atoms with Crippen molar-refractivity contribution in [3.05, 3.63) is 29.6 Å². The molecule has 0 amide bonds. The van der Waals surface area contributed by atoms with Crippen LogP contribution in [0.3, 0.4) is 0 Å². The van der Waals surface area contributed by atoms with E-state index in [0.29, 0.717) is 36.8 Å². The van der Waals surface area contributed by atoms with Crippen molar-refractivity contribution in [2.75, 3.05) is 18.5 Å². The minimum absolute atomic E-state index is 0.329. The molecule has 0 unspecified atom stereocenters. The van der Waals surface area contributed by atoms with Crippen LogP contribution in [0, 0.1) is 6.92 Å². The van der Waals surface area contributed by atoms with Crippen LogP contribution in [-0.2, 0) is 18.2 Å². The van der Waals surface area contributed by atoms with Gasteiger partial charge in [0, 0.05) is 26.2 Å². The van der Waals surface area contributed by atoms with E-state index in [4.69, 9.17) is 4.74 Å². The highest BCUT2D eigenvalue weighted by Gasteiger charge is 2.12. The number of hydrogen-bond donors (Lipinski definition) is 1. The summed E-state index contributed by atoms with van der Waals surface area (Å²) in [6.07, 6.45) is 3.80. The molecule has 1 N–H and O–H groups in total. The third-order valence-corrected chi connectivity index (χ3v) is 2.75. The number of aromatic nitrogens is 5. The molecule has 0 aromatic carbocycles. The molecule has 0 aliphatic heterocycles. The highest BCUT2D eigenvalue weighted by Crippen LogP contribution is 2.08. The van der Waals surface area contributed by atoms with Crippen LogP contribution in [0.4, 0.5) is 5.95 Å². The Bertz CT molecular complexity index is 625. The van der Waals surface area contributed by atoms with Gasteiger partial charge < -0.3 is 10.1 Å². The number of nitrogens with zero attached hydrogens (tertiary/aromatic N) is 5. The molecular formula is C13H18N6O2. The number of carbonyl (C=O) groups excluding carboxylic acids is 1. The zero-order valence-electron chi connectivity index (χ0n) is 12.3. The van der Waals surface area contributed by atoms with Crippen LogP contribution in [0.25, 0.3) is 0 Å². The number of carbonyl (C=O) groups is 1. The molecule has 0 saturated heterocycles. The molecule has 21 heavy (non-hydrogen) atoms. The van der Waals surface area contributed by atoms with Crippen LogP contribution in [-0.4, -0.2) is 43.9 Å². The second-order valence-electron chi connectivity index (χ2n) is 4.42. The summed E-state index contributed by atoms with van der Waals surface area (Å²) < 4.78 is 6.59. The SMILES string of the molecule is CCOC(=O)c1cnc(NCCc2ncn(C)n2)nc1C. The van der Waals surface area contributed by atoms with Crippen molar-refractivity contribution in [2.24, 2.45) is 7.05 Å². The fourth-order valence-corrected chi connectivity index (χ4v) is 1.75. The van der Waals surface area contributed by atoms with Crippen molar-refractivity contribution in [2.45, 2.75) is 20.3 Å². The molecule has 2 aromatic heterocycles. The average Bonchev–Trinajstić information content (AvgIpc) is 2.85. The Labute approximate surface area is 122 Å². The zero-order chi connectivity index (χ0) is 15.2. The smallest absolute Gasteiger partial charge is 0.341 e. The minimum atomic E-state index is -0.403. The zero-order valence-corrected chi connectivity index (χ0v) is 12.3. The first-order valence-corrected chi connectivity index (χ1v) is 6.69. The molecule has 0 radical (unpaired) electrons. The van der Waals surface area contributed by atoms with E-state index in [-0.39, 0.29) is 0 Å². The quantitative estimate of drug-likeness (QED) is 0.784. The predicted octanol–water partition coefficient (Wildman–Crippen LogP) is 0.745. The molecule has 0 aliphatic carbocycles. The number of hydrogen-bond acceptors (Lipinski definition) is 7. The fraction of sp³-hybridized carbons (Fsp3) is 0.462. The van der Waals surface area contributed by atoms with E-state index in [9.17, 15) is 4.79 Å². The summed E-state index contributed by atoms with van der Waals surface area (Å²) in [6.45, 7) is 4.45. The largest absolute Gasteiger partial charge is 0.462 e. The van der Waals surface area contributed by atoms with Gasteiger partial charge in [0.25, 0.3) is 0 Å². The van der Waals surface area contributed by atoms with E-state index in [1.54, 1.807) is 24.9 Å². The lowest BCUT2D eigenvalue weighted by Crippen LogP contribution is -2.13. The second kappa shape index (κ2) is 6.78. The van der Waals surface area contributed by atoms with Crippen LogP contribution >= 0.6 is 0 Å². The molecule has 2 rings (SSSR count). The first-order chi connectivity index (χ1) is 10.1. The summed E-state index contributed by atoms with van der Waals surface area (Å²) >= 11 is 0. The summed E-state index contributed by atoms with van der Waals surface area (Å²) in [6, 6.07) is 0. The van der Waals surface area contributed by atoms with Gasteiger partial charge in [-0.05, 0) is 13.8 Å². The Morgan fingerprint density at radius 1 is 1.43 bits per heavy atom. The molecule has 0 fully saturated rings. The fourth-order valence-electron chi connectivity index (χ4n) is 1.75. The standard InChI is InChI=1S/C13H18N6O2/c1-4-21-12(20)10-7-15-13(17-9(10)2)14-6-5-11-16-8-19(3)18-11/h7-8H,4-6H2,1-3H3,(H,14,15,17). The van der Waals surface area contributed by atoms with Crippen LogP contribution < -0.4 is 5.32 Å². The number of ether oxygens (including phenoxy) is 1. The first kappa shape index (κ1) is 14.9. The Morgan fingerprint density at radius 3 is 2.86 bits per heavy atom. The summed E-state index contributed by atoms with van der Waals surface area (Å²) in [5.74, 6) is 0.820. The van der Waals surface area contributed by atoms with Gasteiger partial charge in [-0.2, -0.15) is 5.10 Å². The molecule has 0 atom stereocenters. The summed E-state index contributed by atoms with van der Waals surface area (Å²) in [5, 5.41) is 7.26. The van der Waals surface area contributed by atoms with Crippen molar-refractivity contribution < 1.29 is 9.53 Å². The second-order valence-corrected chi connectivity index (χ2v) is 4.42. The third-order valence-electron chi connectivity index (χ3n) is 2.75. The van der Waals surface area contributed by atoms with Gasteiger partial charge in [0.05, 0.1) is 17.9 Å². The number of aryl methyl sites for hydroxylation is 2. The molecule has 8 nitrogen and oxygen atoms in total. The lowest BCUT2D eigenvalue weighted by molar-refractivity contribution is 0.0524. The van der Waals surface area contributed by atoms with Gasteiger partial charge in [-0.15, -0.1) is 0 Å². The molecule has 0 spiro atoms. The molecule has 2 aromatic rings. The van der Waals surface area contributed by atoms with E-state index >= 15 is 0 Å². The number of nitrogens with one attached hydrogen (secondary N) is 1. The van der Waals surface area contributed by atoms with Gasteiger partial charge in [-0.1, -0.05) is 0 Å². The van der Waals surface area contributed by atoms with Gasteiger partial charge >= 0.3 is 5.97 Å². The van der Waals surface area contributed by atoms with Crippen LogP contribution in [0.2, 0.25) is 0 Å². The van der Waals surface area contributed by atoms with Gasteiger partial charge in [0.1, 0.15) is 6.33 Å². The molecule has 0 bridgehead atoms. The summed E-state index contributed by atoms with van der Waals surface area (Å²) in [4.78, 5) is 24.1. The maximum absolute atomic E-state index is 11.6. The van der Waals surface area contributed by atoms with Gasteiger partial charge in [0.15, 0.2) is 5.82 Å². The topological polar surface area (TPSA) is 94.8 Å². The number of anilines is 1. The highest BCUT2D eigenvalue weighted by molar-refractivity contribution is 5.90. The summed E-state index contributed by atoms with van der Waals surface area (Å²) in [7, 11) is 1.82. The van der Waals surface area contributed by atoms with E-state index in [2.05, 4.69) is 25.4 Å². The van der Waals surface area contributed by atoms with Gasteiger partial charge in [0.2, 0.25) is 5.95 Å². The van der Waals surface area contributed by atoms with Crippen molar-refractivity contribution in [1.82, 2.24) is 24.7 Å². The molecular weight excluding hydrogens is 272 g/mol. The van der Waals surface area contributed by atoms with Gasteiger partial charge in [-0.3, -0.25) is 4.68 Å². The normalized spacial score (nSPS) is 10.4. The van der Waals surface area contributed by atoms with Crippen molar-refractivity contribution in [3.8, 4) is 0 Å². The van der Waals surface area contributed by atoms with Gasteiger partial charge in [-0.25, -0.2) is 19.7 Å². The maximum atomic E-state index is 11.6. The first-order valence-electron chi connectivity index (χ1n) is 6.69. The Morgan fingerprint density at radius 2 is 2.24 bits per heavy atom. The lowest BCUT2D eigenvalue weighted by Gasteiger charge is -2.07. The van der Waals surface area contributed by atoms with Crippen molar-refractivity contribution in [3.63, 3.8) is 0 Å². The highest BCUT2D eigenvalue weighted by atomic mass is 16.5. The van der Waals surface area contributed by atoms with E-state index < -0.39 is 5.97 Å². The van der Waals surface area contributed by atoms with Crippen LogP contribution in [0.15, 0.2) is 12.5 Å². The molecule has 8 heteroatoms. The van der Waals surface area contributed by atoms with E-state index in [0.717, 1.165) is 5.82 Å². The number of rotatable bonds is 6. The maximum Gasteiger partial charge on any atom is 0.341 e. The minimum Gasteiger partial charge on any atom is -0.462 e. The van der Waals surface area contributed by atoms with Crippen LogP contribution in [0.1, 0.15) is 28.8 Å². The Balaban J connectivity index is 1.92. The van der Waals surface area contributed by atoms with E-state index in [1.807, 2.05) is 7.05 Å². The Hall–Kier alpha value is -2.51. The predicted molar refractivity (Wildman–Crippen MR) is 75.9 cm³/mol. The molecule has 2 heterocycles. The van der Waals surface area contributed by atoms with Crippen molar-refractivity contribution in [1.29, 1.82) is 0 Å². The molecule has 0 saturated carbocycles. The lowest BCUT2D eigenvalue weighted by atomic mass is 10.2. The third kappa shape index (κ3) is 3.98. The Kier molecular flexibility index (Phi) is 4.81. The average molecular weight is 290 g/mol. The van der Waals surface area contributed by atoms with E-state index in [1.165, 1.54) is 6.20 Å². The number of esters is 1. The summed E-state index contributed by atoms with van der Waals surface area (Å²) in [5.41, 5.74) is 0.968. The van der Waals surface area contributed by atoms with Crippen LogP contribution in [0.5, 0.6) is 0 Å². The molecule has 0 aliphatic rings. The van der Waals surface area contributed by atoms with Crippen molar-refractivity contribution >= 4 is 11.9 Å². The molecule has 112 valence electrons.